The molecule has 1 heterocycles. The quantitative estimate of drug-likeness (QED) is 0.635. The minimum atomic E-state index is -0.0486. The number of hydrogen-bond donors (Lipinski definition) is 1. The van der Waals surface area contributed by atoms with Crippen LogP contribution in [0.4, 0.5) is 0 Å². The highest BCUT2D eigenvalue weighted by Crippen LogP contribution is 2.70. The van der Waals surface area contributed by atoms with E-state index in [1.807, 2.05) is 0 Å². The number of ether oxygens (including phenoxy) is 1. The molecule has 4 aliphatic rings. The van der Waals surface area contributed by atoms with Crippen LogP contribution >= 0.6 is 0 Å². The van der Waals surface area contributed by atoms with E-state index in [1.165, 1.54) is 44.9 Å². The van der Waals surface area contributed by atoms with Crippen molar-refractivity contribution in [1.29, 1.82) is 0 Å². The van der Waals surface area contributed by atoms with Crippen molar-refractivity contribution in [2.24, 2.45) is 11.8 Å². The molecule has 3 saturated carbocycles. The van der Waals surface area contributed by atoms with Crippen LogP contribution in [0.1, 0.15) is 51.4 Å². The minimum absolute atomic E-state index is 0. The first-order valence-electron chi connectivity index (χ1n) is 6.66. The fraction of sp³-hybridized carbons (Fsp3) is 1.00. The maximum absolute atomic E-state index is 10.3. The van der Waals surface area contributed by atoms with Crippen molar-refractivity contribution in [3.05, 3.63) is 0 Å². The molecule has 1 saturated heterocycles. The lowest BCUT2D eigenvalue weighted by molar-refractivity contribution is -0.0447. The molecule has 3 N–H and O–H groups in total. The van der Waals surface area contributed by atoms with Crippen LogP contribution in [-0.4, -0.2) is 27.9 Å². The monoisotopic (exact) mass is 226 g/mol. The first-order chi connectivity index (χ1) is 7.28. The van der Waals surface area contributed by atoms with Crippen molar-refractivity contribution < 1.29 is 15.3 Å². The molecule has 0 aromatic carbocycles. The van der Waals surface area contributed by atoms with E-state index in [0.29, 0.717) is 11.8 Å². The topological polar surface area (TPSA) is 64.3 Å². The van der Waals surface area contributed by atoms with Crippen LogP contribution < -0.4 is 0 Å². The van der Waals surface area contributed by atoms with E-state index in [4.69, 9.17) is 4.74 Å². The number of epoxide rings is 1. The lowest BCUT2D eigenvalue weighted by atomic mass is 9.57. The second-order valence-electron chi connectivity index (χ2n) is 6.19. The van der Waals surface area contributed by atoms with Crippen molar-refractivity contribution >= 4 is 0 Å². The third kappa shape index (κ3) is 1.05. The van der Waals surface area contributed by atoms with Gasteiger partial charge in [-0.2, -0.15) is 0 Å². The Morgan fingerprint density at radius 3 is 2.75 bits per heavy atom. The van der Waals surface area contributed by atoms with Crippen molar-refractivity contribution in [2.45, 2.75) is 68.7 Å². The Morgan fingerprint density at radius 2 is 1.88 bits per heavy atom. The van der Waals surface area contributed by atoms with E-state index in [-0.39, 0.29) is 22.8 Å². The smallest absolute Gasteiger partial charge is 0.103 e. The van der Waals surface area contributed by atoms with Gasteiger partial charge >= 0.3 is 0 Å². The molecule has 4 rings (SSSR count). The molecule has 3 nitrogen and oxygen atoms in total. The second-order valence-corrected chi connectivity index (χ2v) is 6.19. The molecule has 3 heteroatoms. The van der Waals surface area contributed by atoms with Gasteiger partial charge in [-0.05, 0) is 38.0 Å². The van der Waals surface area contributed by atoms with E-state index in [9.17, 15) is 5.11 Å². The number of aliphatic hydroxyl groups is 1. The summed E-state index contributed by atoms with van der Waals surface area (Å²) in [6.07, 6.45) is 10.0. The first-order valence-corrected chi connectivity index (χ1v) is 6.66. The Morgan fingerprint density at radius 1 is 1.06 bits per heavy atom. The van der Waals surface area contributed by atoms with Crippen LogP contribution in [0.25, 0.3) is 0 Å². The molecule has 5 unspecified atom stereocenters. The summed E-state index contributed by atoms with van der Waals surface area (Å²) in [5.74, 6) is 1.03. The molecule has 0 spiro atoms. The van der Waals surface area contributed by atoms with Gasteiger partial charge in [-0.1, -0.05) is 19.3 Å². The van der Waals surface area contributed by atoms with Crippen molar-refractivity contribution in [2.75, 3.05) is 0 Å². The molecular weight excluding hydrogens is 204 g/mol. The highest BCUT2D eigenvalue weighted by Gasteiger charge is 2.77. The molecule has 0 aromatic heterocycles. The van der Waals surface area contributed by atoms with E-state index in [0.717, 1.165) is 6.42 Å². The Hall–Kier alpha value is -0.120. The maximum Gasteiger partial charge on any atom is 0.103 e. The largest absolute Gasteiger partial charge is 0.412 e. The van der Waals surface area contributed by atoms with Crippen LogP contribution in [0, 0.1) is 11.8 Å². The van der Waals surface area contributed by atoms with E-state index in [1.54, 1.807) is 0 Å². The third-order valence-electron chi connectivity index (χ3n) is 5.66. The highest BCUT2D eigenvalue weighted by molar-refractivity contribution is 5.25. The van der Waals surface area contributed by atoms with Gasteiger partial charge in [-0.25, -0.2) is 0 Å². The molecule has 4 fully saturated rings. The summed E-state index contributed by atoms with van der Waals surface area (Å²) in [7, 11) is 0. The standard InChI is InChI=1S/C13H20O2.H2O/c14-11-9-4-3-5-10(11)13-7-2-1-6-12(13,8-9)15-13;/h9-11,14H,1-8H2;1H2. The summed E-state index contributed by atoms with van der Waals surface area (Å²) < 4.78 is 6.24. The Balaban J connectivity index is 0.000000810. The lowest BCUT2D eigenvalue weighted by Crippen LogP contribution is -2.53. The average Bonchev–Trinajstić information content (AvgIpc) is 2.88. The van der Waals surface area contributed by atoms with Gasteiger partial charge in [0.25, 0.3) is 0 Å². The van der Waals surface area contributed by atoms with Crippen molar-refractivity contribution in [3.63, 3.8) is 0 Å². The number of fused-ring (bicyclic) bond motifs is 2. The summed E-state index contributed by atoms with van der Waals surface area (Å²) in [5, 5.41) is 10.3. The van der Waals surface area contributed by atoms with Crippen molar-refractivity contribution in [3.8, 4) is 0 Å². The molecule has 2 bridgehead atoms. The molecule has 3 aliphatic carbocycles. The predicted octanol–water partition coefficient (Wildman–Crippen LogP) is 1.42. The SMILES string of the molecule is O.OC1C2CCCC1C13CCCCC1(C2)O3. The maximum atomic E-state index is 10.3. The summed E-state index contributed by atoms with van der Waals surface area (Å²) >= 11 is 0. The lowest BCUT2D eigenvalue weighted by Gasteiger charge is -2.46. The van der Waals surface area contributed by atoms with Crippen LogP contribution in [0.5, 0.6) is 0 Å². The van der Waals surface area contributed by atoms with Gasteiger partial charge in [0, 0.05) is 5.92 Å². The van der Waals surface area contributed by atoms with Gasteiger partial charge in [0.1, 0.15) is 5.60 Å². The molecule has 5 atom stereocenters. The number of aliphatic hydroxyl groups excluding tert-OH is 1. The van der Waals surface area contributed by atoms with E-state index >= 15 is 0 Å². The van der Waals surface area contributed by atoms with Gasteiger partial charge in [0.15, 0.2) is 0 Å². The predicted molar refractivity (Wildman–Crippen MR) is 60.1 cm³/mol. The number of rotatable bonds is 0. The zero-order valence-electron chi connectivity index (χ0n) is 9.74. The van der Waals surface area contributed by atoms with Crippen LogP contribution in [-0.2, 0) is 4.74 Å². The Bertz CT molecular complexity index is 306. The van der Waals surface area contributed by atoms with E-state index < -0.39 is 0 Å². The molecule has 0 radical (unpaired) electrons. The Labute approximate surface area is 96.5 Å². The molecule has 1 aliphatic heterocycles. The third-order valence-corrected chi connectivity index (χ3v) is 5.66. The summed E-state index contributed by atoms with van der Waals surface area (Å²) in [5.41, 5.74) is 0.377. The summed E-state index contributed by atoms with van der Waals surface area (Å²) in [4.78, 5) is 0. The van der Waals surface area contributed by atoms with Gasteiger partial charge in [0.05, 0.1) is 11.7 Å². The van der Waals surface area contributed by atoms with Crippen LogP contribution in [0.3, 0.4) is 0 Å². The van der Waals surface area contributed by atoms with Crippen LogP contribution in [0.15, 0.2) is 0 Å². The normalized spacial score (nSPS) is 57.9. The van der Waals surface area contributed by atoms with Crippen LogP contribution in [0.2, 0.25) is 0 Å². The highest BCUT2D eigenvalue weighted by atomic mass is 16.6. The van der Waals surface area contributed by atoms with Gasteiger partial charge in [0.2, 0.25) is 0 Å². The minimum Gasteiger partial charge on any atom is -0.412 e. The first kappa shape index (κ1) is 11.0. The van der Waals surface area contributed by atoms with Gasteiger partial charge in [-0.3, -0.25) is 0 Å². The van der Waals surface area contributed by atoms with Gasteiger partial charge < -0.3 is 15.3 Å². The second kappa shape index (κ2) is 3.21. The molecule has 92 valence electrons. The van der Waals surface area contributed by atoms with E-state index in [2.05, 4.69) is 0 Å². The molecular formula is C13H22O3. The van der Waals surface area contributed by atoms with Gasteiger partial charge in [-0.15, -0.1) is 0 Å². The zero-order valence-corrected chi connectivity index (χ0v) is 9.74. The average molecular weight is 226 g/mol. The fourth-order valence-electron chi connectivity index (χ4n) is 5.00. The fourth-order valence-corrected chi connectivity index (χ4v) is 5.00. The zero-order chi connectivity index (χ0) is 10.1. The Kier molecular flexibility index (Phi) is 2.21. The number of hydrogen-bond acceptors (Lipinski definition) is 2. The summed E-state index contributed by atoms with van der Waals surface area (Å²) in [6.45, 7) is 0. The molecule has 0 aromatic rings. The van der Waals surface area contributed by atoms with Crippen molar-refractivity contribution in [1.82, 2.24) is 0 Å². The summed E-state index contributed by atoms with van der Waals surface area (Å²) in [6, 6.07) is 0. The molecule has 0 amide bonds. The molecule has 16 heavy (non-hydrogen) atoms.